The topological polar surface area (TPSA) is 49.9 Å². The van der Waals surface area contributed by atoms with Crippen molar-refractivity contribution in [3.8, 4) is 5.75 Å². The Morgan fingerprint density at radius 3 is 2.32 bits per heavy atom. The molecule has 0 saturated heterocycles. The lowest BCUT2D eigenvalue weighted by Gasteiger charge is -2.24. The molecule has 5 nitrogen and oxygen atoms in total. The lowest BCUT2D eigenvalue weighted by molar-refractivity contribution is -0.121. The monoisotopic (exact) mass is 380 g/mol. The van der Waals surface area contributed by atoms with Crippen LogP contribution in [0.25, 0.3) is 0 Å². The molecule has 148 valence electrons. The van der Waals surface area contributed by atoms with E-state index in [9.17, 15) is 9.59 Å². The van der Waals surface area contributed by atoms with Crippen molar-refractivity contribution in [2.75, 3.05) is 29.5 Å². The van der Waals surface area contributed by atoms with Crippen LogP contribution in [0.4, 0.5) is 11.4 Å². The number of nitrogens with zero attached hydrogens (tertiary/aromatic N) is 2. The molecule has 0 spiro atoms. The van der Waals surface area contributed by atoms with Gasteiger partial charge in [-0.2, -0.15) is 0 Å². The number of rotatable bonds is 5. The summed E-state index contributed by atoms with van der Waals surface area (Å²) in [5, 5.41) is 0. The van der Waals surface area contributed by atoms with Gasteiger partial charge in [0.05, 0.1) is 23.8 Å². The number of carbonyl (C=O) groups excluding carboxylic acids is 2. The zero-order chi connectivity index (χ0) is 20.3. The number of fused-ring (bicyclic) bond motifs is 1. The van der Waals surface area contributed by atoms with Crippen LogP contribution >= 0.6 is 0 Å². The van der Waals surface area contributed by atoms with Crippen molar-refractivity contribution in [2.45, 2.75) is 33.1 Å². The first-order valence-electron chi connectivity index (χ1n) is 9.67. The molecule has 2 aromatic rings. The third-order valence-corrected chi connectivity index (χ3v) is 5.07. The van der Waals surface area contributed by atoms with Crippen LogP contribution in [0.15, 0.2) is 48.5 Å². The van der Waals surface area contributed by atoms with Gasteiger partial charge < -0.3 is 14.5 Å². The third-order valence-electron chi connectivity index (χ3n) is 5.07. The Bertz CT molecular complexity index is 840. The normalized spacial score (nSPS) is 17.1. The number of benzene rings is 2. The Balaban J connectivity index is 1.73. The number of ether oxygens (including phenoxy) is 1. The first-order chi connectivity index (χ1) is 13.3. The highest BCUT2D eigenvalue weighted by Crippen LogP contribution is 2.33. The summed E-state index contributed by atoms with van der Waals surface area (Å²) in [7, 11) is 0. The predicted octanol–water partition coefficient (Wildman–Crippen LogP) is 4.01. The summed E-state index contributed by atoms with van der Waals surface area (Å²) in [4.78, 5) is 27.7. The number of amides is 2. The van der Waals surface area contributed by atoms with E-state index in [1.54, 1.807) is 9.80 Å². The van der Waals surface area contributed by atoms with Gasteiger partial charge in [-0.25, -0.2) is 0 Å². The molecule has 1 atom stereocenters. The van der Waals surface area contributed by atoms with Gasteiger partial charge in [0, 0.05) is 6.54 Å². The van der Waals surface area contributed by atoms with E-state index in [0.717, 1.165) is 23.5 Å². The fourth-order valence-electron chi connectivity index (χ4n) is 3.43. The van der Waals surface area contributed by atoms with Crippen LogP contribution in [0.3, 0.4) is 0 Å². The van der Waals surface area contributed by atoms with E-state index >= 15 is 0 Å². The number of carbonyl (C=O) groups is 2. The van der Waals surface area contributed by atoms with Crippen molar-refractivity contribution in [1.82, 2.24) is 0 Å². The second-order valence-electron chi connectivity index (χ2n) is 8.26. The van der Waals surface area contributed by atoms with Gasteiger partial charge in [-0.1, -0.05) is 52.0 Å². The summed E-state index contributed by atoms with van der Waals surface area (Å²) in [6.45, 7) is 9.56. The molecule has 1 aliphatic heterocycles. The van der Waals surface area contributed by atoms with E-state index in [1.165, 1.54) is 5.56 Å². The van der Waals surface area contributed by atoms with E-state index in [0.29, 0.717) is 19.7 Å². The minimum Gasteiger partial charge on any atom is -0.492 e. The van der Waals surface area contributed by atoms with E-state index in [1.807, 2.05) is 43.3 Å². The van der Waals surface area contributed by atoms with Crippen LogP contribution in [-0.2, 0) is 15.0 Å². The van der Waals surface area contributed by atoms with Gasteiger partial charge in [0.15, 0.2) is 0 Å². The summed E-state index contributed by atoms with van der Waals surface area (Å²) >= 11 is 0. The molecule has 2 aromatic carbocycles. The summed E-state index contributed by atoms with van der Waals surface area (Å²) in [6, 6.07) is 15.6. The Kier molecular flexibility index (Phi) is 5.73. The van der Waals surface area contributed by atoms with Crippen molar-refractivity contribution in [1.29, 1.82) is 0 Å². The Labute approximate surface area is 166 Å². The summed E-state index contributed by atoms with van der Waals surface area (Å²) < 4.78 is 5.89. The maximum absolute atomic E-state index is 12.9. The van der Waals surface area contributed by atoms with E-state index in [2.05, 4.69) is 32.9 Å². The maximum atomic E-state index is 12.9. The highest BCUT2D eigenvalue weighted by molar-refractivity contribution is 6.02. The SMILES string of the molecule is CC1CN(C=O)c2ccccc2N(CCOc2ccc(C(C)(C)C)cc2)C1=O. The van der Waals surface area contributed by atoms with Crippen LogP contribution in [0.1, 0.15) is 33.3 Å². The number of para-hydroxylation sites is 2. The summed E-state index contributed by atoms with van der Waals surface area (Å²) in [5.74, 6) is 0.512. The molecule has 0 bridgehead atoms. The fraction of sp³-hybridized carbons (Fsp3) is 0.391. The van der Waals surface area contributed by atoms with Crippen molar-refractivity contribution in [3.63, 3.8) is 0 Å². The van der Waals surface area contributed by atoms with Gasteiger partial charge in [-0.3, -0.25) is 9.59 Å². The minimum absolute atomic E-state index is 0.00322. The maximum Gasteiger partial charge on any atom is 0.231 e. The predicted molar refractivity (Wildman–Crippen MR) is 112 cm³/mol. The van der Waals surface area contributed by atoms with Gasteiger partial charge in [-0.05, 0) is 35.2 Å². The van der Waals surface area contributed by atoms with Gasteiger partial charge >= 0.3 is 0 Å². The molecule has 2 amide bonds. The van der Waals surface area contributed by atoms with E-state index in [-0.39, 0.29) is 17.2 Å². The smallest absolute Gasteiger partial charge is 0.231 e. The lowest BCUT2D eigenvalue weighted by Crippen LogP contribution is -2.38. The van der Waals surface area contributed by atoms with Crippen molar-refractivity contribution in [3.05, 3.63) is 54.1 Å². The Hall–Kier alpha value is -2.82. The largest absolute Gasteiger partial charge is 0.492 e. The molecule has 28 heavy (non-hydrogen) atoms. The van der Waals surface area contributed by atoms with E-state index in [4.69, 9.17) is 4.74 Å². The average Bonchev–Trinajstić information content (AvgIpc) is 2.78. The Morgan fingerprint density at radius 2 is 1.71 bits per heavy atom. The van der Waals surface area contributed by atoms with Crippen LogP contribution in [0.2, 0.25) is 0 Å². The molecule has 0 radical (unpaired) electrons. The van der Waals surface area contributed by atoms with Gasteiger partial charge in [0.2, 0.25) is 12.3 Å². The standard InChI is InChI=1S/C23H28N2O3/c1-17-15-24(16-26)20-7-5-6-8-21(20)25(22(17)27)13-14-28-19-11-9-18(10-12-19)23(2,3)4/h5-12,16-17H,13-15H2,1-4H3. The second-order valence-corrected chi connectivity index (χ2v) is 8.26. The molecule has 0 fully saturated rings. The van der Waals surface area contributed by atoms with E-state index < -0.39 is 0 Å². The van der Waals surface area contributed by atoms with Crippen molar-refractivity contribution < 1.29 is 14.3 Å². The number of anilines is 2. The third kappa shape index (κ3) is 4.19. The van der Waals surface area contributed by atoms with Crippen molar-refractivity contribution >= 4 is 23.7 Å². The first-order valence-corrected chi connectivity index (χ1v) is 9.67. The lowest BCUT2D eigenvalue weighted by atomic mass is 9.87. The molecular weight excluding hydrogens is 352 g/mol. The first kappa shape index (κ1) is 19.9. The highest BCUT2D eigenvalue weighted by atomic mass is 16.5. The zero-order valence-electron chi connectivity index (χ0n) is 17.0. The summed E-state index contributed by atoms with van der Waals surface area (Å²) in [5.41, 5.74) is 2.85. The molecular formula is C23H28N2O3. The quantitative estimate of drug-likeness (QED) is 0.737. The van der Waals surface area contributed by atoms with Gasteiger partial charge in [0.1, 0.15) is 12.4 Å². The molecule has 5 heteroatoms. The molecule has 1 unspecified atom stereocenters. The van der Waals surface area contributed by atoms with Crippen LogP contribution in [-0.4, -0.2) is 32.0 Å². The molecule has 0 aromatic heterocycles. The second kappa shape index (κ2) is 8.05. The van der Waals surface area contributed by atoms with Crippen LogP contribution in [0.5, 0.6) is 5.75 Å². The Morgan fingerprint density at radius 1 is 1.07 bits per heavy atom. The number of hydrogen-bond donors (Lipinski definition) is 0. The zero-order valence-corrected chi connectivity index (χ0v) is 17.0. The van der Waals surface area contributed by atoms with Crippen LogP contribution < -0.4 is 14.5 Å². The molecule has 0 N–H and O–H groups in total. The van der Waals surface area contributed by atoms with Crippen molar-refractivity contribution in [2.24, 2.45) is 5.92 Å². The van der Waals surface area contributed by atoms with Gasteiger partial charge in [0.25, 0.3) is 0 Å². The molecule has 3 rings (SSSR count). The average molecular weight is 380 g/mol. The molecule has 0 aliphatic carbocycles. The van der Waals surface area contributed by atoms with Gasteiger partial charge in [-0.15, -0.1) is 0 Å². The molecule has 0 saturated carbocycles. The number of hydrogen-bond acceptors (Lipinski definition) is 3. The fourth-order valence-corrected chi connectivity index (χ4v) is 3.43. The summed E-state index contributed by atoms with van der Waals surface area (Å²) in [6.07, 6.45) is 0.791. The minimum atomic E-state index is -0.274. The highest BCUT2D eigenvalue weighted by Gasteiger charge is 2.30. The molecule has 1 aliphatic rings. The van der Waals surface area contributed by atoms with Crippen LogP contribution in [0, 0.1) is 5.92 Å². The molecule has 1 heterocycles.